The summed E-state index contributed by atoms with van der Waals surface area (Å²) in [5.74, 6) is -0.000500. The van der Waals surface area contributed by atoms with Crippen LogP contribution in [0.3, 0.4) is 0 Å². The molecule has 174 valence electrons. The van der Waals surface area contributed by atoms with Crippen LogP contribution in [-0.2, 0) is 11.3 Å². The molecule has 6 nitrogen and oxygen atoms in total. The zero-order valence-corrected chi connectivity index (χ0v) is 20.1. The second-order valence-corrected chi connectivity index (χ2v) is 9.77. The Morgan fingerprint density at radius 2 is 1.94 bits per heavy atom. The number of nitrogens with one attached hydrogen (secondary N) is 1. The van der Waals surface area contributed by atoms with E-state index < -0.39 is 0 Å². The second kappa shape index (κ2) is 10.5. The number of anilines is 1. The van der Waals surface area contributed by atoms with E-state index in [4.69, 9.17) is 16.3 Å². The van der Waals surface area contributed by atoms with Gasteiger partial charge in [0.25, 0.3) is 0 Å². The minimum atomic E-state index is -0.352. The van der Waals surface area contributed by atoms with E-state index in [9.17, 15) is 9.18 Å². The first-order chi connectivity index (χ1) is 15.9. The van der Waals surface area contributed by atoms with Crippen LogP contribution in [0.25, 0.3) is 10.6 Å². The molecule has 9 heteroatoms. The molecule has 1 aliphatic heterocycles. The largest absolute Gasteiger partial charge is 0.489 e. The molecule has 1 saturated heterocycles. The maximum atomic E-state index is 13.5. The van der Waals surface area contributed by atoms with Crippen molar-refractivity contribution < 1.29 is 13.9 Å². The van der Waals surface area contributed by atoms with Crippen LogP contribution in [0.5, 0.6) is 5.75 Å². The van der Waals surface area contributed by atoms with Crippen molar-refractivity contribution in [3.63, 3.8) is 0 Å². The van der Waals surface area contributed by atoms with Gasteiger partial charge < -0.3 is 15.0 Å². The van der Waals surface area contributed by atoms with Gasteiger partial charge in [0.15, 0.2) is 0 Å². The van der Waals surface area contributed by atoms with Crippen molar-refractivity contribution in [3.05, 3.63) is 58.3 Å². The summed E-state index contributed by atoms with van der Waals surface area (Å²) < 4.78 is 19.4. The van der Waals surface area contributed by atoms with Crippen molar-refractivity contribution in [2.75, 3.05) is 18.0 Å². The molecule has 1 aliphatic rings. The van der Waals surface area contributed by atoms with E-state index in [-0.39, 0.29) is 23.7 Å². The summed E-state index contributed by atoms with van der Waals surface area (Å²) in [5.41, 5.74) is 2.13. The summed E-state index contributed by atoms with van der Waals surface area (Å²) in [6.45, 7) is 5.80. The molecule has 4 rings (SSSR count). The predicted molar refractivity (Wildman–Crippen MR) is 129 cm³/mol. The number of aromatic nitrogens is 2. The molecular weight excluding hydrogens is 463 g/mol. The number of carbonyl (C=O) groups is 1. The van der Waals surface area contributed by atoms with E-state index in [1.165, 1.54) is 29.5 Å². The first-order valence-corrected chi connectivity index (χ1v) is 12.2. The fourth-order valence-corrected chi connectivity index (χ4v) is 4.55. The van der Waals surface area contributed by atoms with Crippen molar-refractivity contribution in [2.24, 2.45) is 5.92 Å². The fraction of sp³-hybridized carbons (Fsp3) is 0.375. The lowest BCUT2D eigenvalue weighted by molar-refractivity contribution is -0.124. The molecule has 3 aromatic rings. The molecule has 0 spiro atoms. The molecule has 1 aromatic heterocycles. The third kappa shape index (κ3) is 6.00. The second-order valence-electron chi connectivity index (χ2n) is 8.30. The summed E-state index contributed by atoms with van der Waals surface area (Å²) in [6, 6.07) is 12.4. The topological polar surface area (TPSA) is 67.4 Å². The number of hydrogen-bond donors (Lipinski definition) is 1. The molecular formula is C24H26ClFN4O2S. The van der Waals surface area contributed by atoms with Gasteiger partial charge in [-0.3, -0.25) is 4.79 Å². The van der Waals surface area contributed by atoms with Crippen LogP contribution >= 0.6 is 22.9 Å². The van der Waals surface area contributed by atoms with Crippen LogP contribution in [0, 0.1) is 11.7 Å². The maximum Gasteiger partial charge on any atom is 0.222 e. The van der Waals surface area contributed by atoms with Crippen molar-refractivity contribution >= 4 is 34.5 Å². The van der Waals surface area contributed by atoms with Crippen molar-refractivity contribution in [1.29, 1.82) is 0 Å². The van der Waals surface area contributed by atoms with E-state index in [0.717, 1.165) is 47.2 Å². The highest BCUT2D eigenvalue weighted by Gasteiger charge is 2.22. The summed E-state index contributed by atoms with van der Waals surface area (Å²) in [6.07, 6.45) is 1.67. The molecule has 1 amide bonds. The Morgan fingerprint density at radius 3 is 2.64 bits per heavy atom. The van der Waals surface area contributed by atoms with Gasteiger partial charge in [-0.2, -0.15) is 0 Å². The molecule has 2 aromatic carbocycles. The lowest BCUT2D eigenvalue weighted by Gasteiger charge is -2.34. The van der Waals surface area contributed by atoms with Crippen molar-refractivity contribution in [1.82, 2.24) is 15.5 Å². The highest BCUT2D eigenvalue weighted by Crippen LogP contribution is 2.30. The SMILES string of the molecule is CC(C)C(=O)NCc1nnc(-c2ccc(N3CCC(Oc4cc(F)ccc4Cl)CC3)cc2)s1. The Morgan fingerprint density at radius 1 is 1.21 bits per heavy atom. The Hall–Kier alpha value is -2.71. The summed E-state index contributed by atoms with van der Waals surface area (Å²) >= 11 is 7.60. The maximum absolute atomic E-state index is 13.5. The van der Waals surface area contributed by atoms with Crippen LogP contribution in [0.4, 0.5) is 10.1 Å². The molecule has 1 fully saturated rings. The summed E-state index contributed by atoms with van der Waals surface area (Å²) in [7, 11) is 0. The molecule has 2 heterocycles. The van der Waals surface area contributed by atoms with Gasteiger partial charge in [-0.05, 0) is 36.4 Å². The third-order valence-electron chi connectivity index (χ3n) is 5.51. The number of amides is 1. The first-order valence-electron chi connectivity index (χ1n) is 11.0. The number of hydrogen-bond acceptors (Lipinski definition) is 6. The molecule has 0 bridgehead atoms. The Bertz CT molecular complexity index is 1100. The lowest BCUT2D eigenvalue weighted by Crippen LogP contribution is -2.38. The van der Waals surface area contributed by atoms with Gasteiger partial charge in [0.1, 0.15) is 27.7 Å². The fourth-order valence-electron chi connectivity index (χ4n) is 3.60. The Kier molecular flexibility index (Phi) is 7.45. The number of carbonyl (C=O) groups excluding carboxylic acids is 1. The number of piperidine rings is 1. The quantitative estimate of drug-likeness (QED) is 0.487. The highest BCUT2D eigenvalue weighted by molar-refractivity contribution is 7.14. The number of nitrogens with zero attached hydrogens (tertiary/aromatic N) is 3. The molecule has 1 N–H and O–H groups in total. The van der Waals surface area contributed by atoms with Gasteiger partial charge in [0, 0.05) is 49.2 Å². The molecule has 0 aliphatic carbocycles. The Labute approximate surface area is 201 Å². The first kappa shape index (κ1) is 23.4. The minimum absolute atomic E-state index is 0.00398. The number of ether oxygens (including phenoxy) is 1. The van der Waals surface area contributed by atoms with Gasteiger partial charge in [0.05, 0.1) is 11.6 Å². The van der Waals surface area contributed by atoms with E-state index in [2.05, 4.69) is 32.5 Å². The van der Waals surface area contributed by atoms with Gasteiger partial charge in [-0.15, -0.1) is 10.2 Å². The Balaban J connectivity index is 1.31. The average molecular weight is 489 g/mol. The summed E-state index contributed by atoms with van der Waals surface area (Å²) in [5, 5.41) is 13.4. The monoisotopic (exact) mass is 488 g/mol. The zero-order valence-electron chi connectivity index (χ0n) is 18.6. The van der Waals surface area contributed by atoms with Gasteiger partial charge in [-0.1, -0.05) is 36.8 Å². The van der Waals surface area contributed by atoms with E-state index >= 15 is 0 Å². The van der Waals surface area contributed by atoms with Crippen molar-refractivity contribution in [2.45, 2.75) is 39.3 Å². The minimum Gasteiger partial charge on any atom is -0.489 e. The third-order valence-corrected chi connectivity index (χ3v) is 6.80. The van der Waals surface area contributed by atoms with Crippen molar-refractivity contribution in [3.8, 4) is 16.3 Å². The number of rotatable bonds is 7. The van der Waals surface area contributed by atoms with Crippen LogP contribution in [0.1, 0.15) is 31.7 Å². The predicted octanol–water partition coefficient (Wildman–Crippen LogP) is 5.32. The molecule has 0 atom stereocenters. The number of halogens is 2. The standard InChI is InChI=1S/C24H26ClFN4O2S/c1-15(2)23(31)27-14-22-28-29-24(33-22)16-3-6-18(7-4-16)30-11-9-19(10-12-30)32-21-13-17(26)5-8-20(21)25/h3-8,13,15,19H,9-12,14H2,1-2H3,(H,27,31). The number of benzene rings is 2. The normalized spacial score (nSPS) is 14.5. The van der Waals surface area contributed by atoms with E-state index in [1.807, 2.05) is 26.0 Å². The van der Waals surface area contributed by atoms with Gasteiger partial charge >= 0.3 is 0 Å². The van der Waals surface area contributed by atoms with Gasteiger partial charge in [0.2, 0.25) is 5.91 Å². The van der Waals surface area contributed by atoms with Crippen LogP contribution in [0.15, 0.2) is 42.5 Å². The van der Waals surface area contributed by atoms with E-state index in [0.29, 0.717) is 17.3 Å². The molecule has 0 unspecified atom stereocenters. The smallest absolute Gasteiger partial charge is 0.222 e. The highest BCUT2D eigenvalue weighted by atomic mass is 35.5. The van der Waals surface area contributed by atoms with Crippen LogP contribution in [-0.4, -0.2) is 35.3 Å². The molecule has 0 radical (unpaired) electrons. The molecule has 0 saturated carbocycles. The van der Waals surface area contributed by atoms with Crippen LogP contribution in [0.2, 0.25) is 5.02 Å². The van der Waals surface area contributed by atoms with Crippen LogP contribution < -0.4 is 15.0 Å². The zero-order chi connectivity index (χ0) is 23.4. The average Bonchev–Trinajstić information content (AvgIpc) is 3.29. The lowest BCUT2D eigenvalue weighted by atomic mass is 10.1. The summed E-state index contributed by atoms with van der Waals surface area (Å²) in [4.78, 5) is 14.0. The molecule has 33 heavy (non-hydrogen) atoms. The van der Waals surface area contributed by atoms with E-state index in [1.54, 1.807) is 0 Å². The van der Waals surface area contributed by atoms with Gasteiger partial charge in [-0.25, -0.2) is 4.39 Å².